The molecule has 8 nitrogen and oxygen atoms in total. The number of rotatable bonds is 11. The third kappa shape index (κ3) is 7.65. The van der Waals surface area contributed by atoms with Gasteiger partial charge in [-0.3, -0.25) is 14.2 Å². The molecule has 0 fully saturated rings. The molecule has 0 aliphatic carbocycles. The third-order valence-electron chi connectivity index (χ3n) is 6.62. The van der Waals surface area contributed by atoms with Crippen molar-refractivity contribution in [2.24, 2.45) is 0 Å². The van der Waals surface area contributed by atoms with Crippen LogP contribution in [-0.4, -0.2) is 64.5 Å². The number of fused-ring (bicyclic) bond motifs is 1. The molecule has 42 heavy (non-hydrogen) atoms. The lowest BCUT2D eigenvalue weighted by Crippen LogP contribution is -2.44. The van der Waals surface area contributed by atoms with Crippen LogP contribution in [0.1, 0.15) is 48.1 Å². The summed E-state index contributed by atoms with van der Waals surface area (Å²) in [4.78, 5) is 50.5. The molecule has 4 aromatic rings. The number of aromatic nitrogens is 2. The van der Waals surface area contributed by atoms with E-state index in [2.05, 4.69) is 15.9 Å². The molecule has 0 saturated carbocycles. The summed E-state index contributed by atoms with van der Waals surface area (Å²) in [7, 11) is 3.88. The Bertz CT molecular complexity index is 1610. The van der Waals surface area contributed by atoms with Crippen molar-refractivity contribution in [3.8, 4) is 0 Å². The first kappa shape index (κ1) is 31.4. The Morgan fingerprint density at radius 2 is 1.69 bits per heavy atom. The average molecular weight is 654 g/mol. The van der Waals surface area contributed by atoms with Crippen LogP contribution in [0.5, 0.6) is 0 Å². The highest BCUT2D eigenvalue weighted by Gasteiger charge is 2.37. The van der Waals surface area contributed by atoms with Crippen molar-refractivity contribution < 1.29 is 14.3 Å². The van der Waals surface area contributed by atoms with Crippen LogP contribution in [-0.2, 0) is 16.1 Å². The molecule has 1 heterocycles. The van der Waals surface area contributed by atoms with Crippen LogP contribution < -0.4 is 5.56 Å². The number of hydrogen-bond acceptors (Lipinski definition) is 6. The van der Waals surface area contributed by atoms with E-state index in [0.29, 0.717) is 34.5 Å². The lowest BCUT2D eigenvalue weighted by Gasteiger charge is -2.32. The Morgan fingerprint density at radius 1 is 1.00 bits per heavy atom. The van der Waals surface area contributed by atoms with Gasteiger partial charge in [0.25, 0.3) is 11.5 Å². The summed E-state index contributed by atoms with van der Waals surface area (Å²) in [6, 6.07) is 19.9. The summed E-state index contributed by atoms with van der Waals surface area (Å²) in [5.41, 5.74) is 1.22. The van der Waals surface area contributed by atoms with E-state index in [9.17, 15) is 14.4 Å². The minimum absolute atomic E-state index is 0.111. The Morgan fingerprint density at radius 3 is 2.33 bits per heavy atom. The lowest BCUT2D eigenvalue weighted by molar-refractivity contribution is -0.153. The minimum Gasteiger partial charge on any atom is -0.461 e. The van der Waals surface area contributed by atoms with Gasteiger partial charge in [-0.15, -0.1) is 0 Å². The van der Waals surface area contributed by atoms with Gasteiger partial charge in [0.15, 0.2) is 6.04 Å². The maximum absolute atomic E-state index is 14.2. The van der Waals surface area contributed by atoms with Crippen LogP contribution in [0.2, 0.25) is 5.02 Å². The number of carbonyl (C=O) groups is 2. The summed E-state index contributed by atoms with van der Waals surface area (Å²) < 4.78 is 8.01. The molecular weight excluding hydrogens is 620 g/mol. The van der Waals surface area contributed by atoms with E-state index in [1.165, 1.54) is 9.47 Å². The Labute approximate surface area is 259 Å². The normalized spacial score (nSPS) is 12.1. The van der Waals surface area contributed by atoms with Gasteiger partial charge in [-0.1, -0.05) is 57.9 Å². The van der Waals surface area contributed by atoms with E-state index >= 15 is 0 Å². The summed E-state index contributed by atoms with van der Waals surface area (Å²) in [5, 5.41) is 0.754. The molecule has 0 radical (unpaired) electrons. The number of ether oxygens (including phenoxy) is 1. The number of halogens is 2. The second-order valence-corrected chi connectivity index (χ2v) is 11.9. The van der Waals surface area contributed by atoms with Crippen molar-refractivity contribution in [2.75, 3.05) is 27.2 Å². The SMILES string of the molecule is CC(C)OC(=O)C(c1nc2cc(Cl)ccc2c(=O)n1Cc1ccccc1)N(CCCN(C)C)C(=O)c1ccc(Br)cc1. The zero-order valence-corrected chi connectivity index (χ0v) is 26.4. The molecule has 1 aromatic heterocycles. The van der Waals surface area contributed by atoms with Crippen molar-refractivity contribution in [2.45, 2.75) is 39.0 Å². The van der Waals surface area contributed by atoms with Gasteiger partial charge < -0.3 is 14.5 Å². The number of nitrogens with zero attached hydrogens (tertiary/aromatic N) is 4. The fourth-order valence-corrected chi connectivity index (χ4v) is 5.10. The van der Waals surface area contributed by atoms with E-state index in [1.807, 2.05) is 49.3 Å². The fraction of sp³-hybridized carbons (Fsp3) is 0.312. The maximum atomic E-state index is 14.2. The maximum Gasteiger partial charge on any atom is 0.337 e. The van der Waals surface area contributed by atoms with Gasteiger partial charge in [-0.25, -0.2) is 9.78 Å². The molecule has 0 saturated heterocycles. The molecule has 0 spiro atoms. The molecule has 1 atom stereocenters. The molecule has 0 aliphatic heterocycles. The average Bonchev–Trinajstić information content (AvgIpc) is 2.94. The predicted molar refractivity (Wildman–Crippen MR) is 169 cm³/mol. The largest absolute Gasteiger partial charge is 0.461 e. The highest BCUT2D eigenvalue weighted by atomic mass is 79.9. The quantitative estimate of drug-likeness (QED) is 0.186. The van der Waals surface area contributed by atoms with Gasteiger partial charge in [0.2, 0.25) is 0 Å². The molecule has 0 bridgehead atoms. The van der Waals surface area contributed by atoms with Gasteiger partial charge in [0.05, 0.1) is 23.6 Å². The third-order valence-corrected chi connectivity index (χ3v) is 7.38. The van der Waals surface area contributed by atoms with E-state index < -0.39 is 18.1 Å². The van der Waals surface area contributed by atoms with Crippen LogP contribution in [0.25, 0.3) is 10.9 Å². The topological polar surface area (TPSA) is 84.7 Å². The van der Waals surface area contributed by atoms with Gasteiger partial charge in [0.1, 0.15) is 5.82 Å². The second kappa shape index (κ2) is 14.1. The summed E-state index contributed by atoms with van der Waals surface area (Å²) in [5.74, 6) is -0.936. The van der Waals surface area contributed by atoms with Gasteiger partial charge in [-0.05, 0) is 88.9 Å². The van der Waals surface area contributed by atoms with Crippen molar-refractivity contribution in [3.63, 3.8) is 0 Å². The first-order valence-corrected chi connectivity index (χ1v) is 14.9. The number of benzene rings is 3. The summed E-state index contributed by atoms with van der Waals surface area (Å²) >= 11 is 9.71. The van der Waals surface area contributed by atoms with Crippen molar-refractivity contribution in [3.05, 3.63) is 110 Å². The van der Waals surface area contributed by atoms with E-state index in [4.69, 9.17) is 21.3 Å². The Balaban J connectivity index is 1.97. The standard InChI is InChI=1S/C32H34BrClN4O4/c1-21(2)42-32(41)28(37(18-8-17-36(3)4)30(39)23-11-13-24(33)14-12-23)29-35-27-19-25(34)15-16-26(27)31(40)38(29)20-22-9-6-5-7-10-22/h5-7,9-16,19,21,28H,8,17-18,20H2,1-4H3. The van der Waals surface area contributed by atoms with Crippen molar-refractivity contribution in [1.29, 1.82) is 0 Å². The highest BCUT2D eigenvalue weighted by Crippen LogP contribution is 2.27. The van der Waals surface area contributed by atoms with Gasteiger partial charge in [0, 0.05) is 21.6 Å². The first-order chi connectivity index (χ1) is 20.0. The minimum atomic E-state index is -1.30. The molecule has 1 unspecified atom stereocenters. The zero-order chi connectivity index (χ0) is 30.4. The summed E-state index contributed by atoms with van der Waals surface area (Å²) in [6.45, 7) is 4.52. The zero-order valence-electron chi connectivity index (χ0n) is 24.1. The molecule has 220 valence electrons. The highest BCUT2D eigenvalue weighted by molar-refractivity contribution is 9.10. The smallest absolute Gasteiger partial charge is 0.337 e. The van der Waals surface area contributed by atoms with Crippen molar-refractivity contribution in [1.82, 2.24) is 19.4 Å². The number of carbonyl (C=O) groups excluding carboxylic acids is 2. The van der Waals surface area contributed by atoms with Gasteiger partial charge in [-0.2, -0.15) is 0 Å². The Kier molecular flexibility index (Phi) is 10.5. The molecular formula is C32H34BrClN4O4. The van der Waals surface area contributed by atoms with Crippen LogP contribution in [0.3, 0.4) is 0 Å². The molecule has 1 amide bonds. The molecule has 0 N–H and O–H groups in total. The molecule has 4 rings (SSSR count). The van der Waals surface area contributed by atoms with E-state index in [-0.39, 0.29) is 30.4 Å². The van der Waals surface area contributed by atoms with Crippen molar-refractivity contribution >= 4 is 50.3 Å². The fourth-order valence-electron chi connectivity index (χ4n) is 4.67. The second-order valence-electron chi connectivity index (χ2n) is 10.6. The van der Waals surface area contributed by atoms with Gasteiger partial charge >= 0.3 is 5.97 Å². The Hall–Kier alpha value is -3.53. The van der Waals surface area contributed by atoms with E-state index in [0.717, 1.165) is 10.0 Å². The summed E-state index contributed by atoms with van der Waals surface area (Å²) in [6.07, 6.45) is 0.110. The first-order valence-electron chi connectivity index (χ1n) is 13.7. The van der Waals surface area contributed by atoms with Crippen LogP contribution in [0, 0.1) is 0 Å². The van der Waals surface area contributed by atoms with E-state index in [1.54, 1.807) is 56.3 Å². The monoisotopic (exact) mass is 652 g/mol. The number of hydrogen-bond donors (Lipinski definition) is 0. The molecule has 3 aromatic carbocycles. The molecule has 0 aliphatic rings. The van der Waals surface area contributed by atoms with Crippen LogP contribution in [0.15, 0.2) is 82.1 Å². The van der Waals surface area contributed by atoms with Crippen LogP contribution in [0.4, 0.5) is 0 Å². The number of esters is 1. The van der Waals surface area contributed by atoms with Crippen LogP contribution >= 0.6 is 27.5 Å². The predicted octanol–water partition coefficient (Wildman–Crippen LogP) is 5.95. The number of amides is 1. The lowest BCUT2D eigenvalue weighted by atomic mass is 10.1. The molecule has 10 heteroatoms.